The van der Waals surface area contributed by atoms with Crippen LogP contribution >= 0.6 is 12.2 Å². The molecular formula is C13H10N6OS. The van der Waals surface area contributed by atoms with Crippen molar-refractivity contribution >= 4 is 23.8 Å². The largest absolute Gasteiger partial charge is 0.398 e. The molecule has 1 aromatic carbocycles. The first-order valence-electron chi connectivity index (χ1n) is 6.01. The van der Waals surface area contributed by atoms with Crippen LogP contribution in [0.1, 0.15) is 10.5 Å². The number of para-hydroxylation sites is 1. The van der Waals surface area contributed by atoms with E-state index in [0.29, 0.717) is 17.1 Å². The Kier molecular flexibility index (Phi) is 3.28. The topological polar surface area (TPSA) is 102 Å². The van der Waals surface area contributed by atoms with Crippen LogP contribution in [-0.4, -0.2) is 30.6 Å². The highest BCUT2D eigenvalue weighted by Gasteiger charge is 2.19. The molecule has 0 saturated carbocycles. The van der Waals surface area contributed by atoms with Gasteiger partial charge < -0.3 is 5.73 Å². The number of H-pyrrole nitrogens is 1. The summed E-state index contributed by atoms with van der Waals surface area (Å²) in [6.45, 7) is 0. The molecule has 0 radical (unpaired) electrons. The molecule has 0 aliphatic carbocycles. The van der Waals surface area contributed by atoms with Gasteiger partial charge >= 0.3 is 0 Å². The average molecular weight is 298 g/mol. The molecule has 8 heteroatoms. The van der Waals surface area contributed by atoms with Crippen LogP contribution in [0.4, 0.5) is 5.69 Å². The van der Waals surface area contributed by atoms with E-state index in [4.69, 9.17) is 18.0 Å². The molecule has 0 unspecified atom stereocenters. The standard InChI is InChI=1S/C13H10N6OS/c14-9-4-2-1-3-8(9)11-17-18-13(21)19(11)12(20)10-7-15-5-6-16-10/h1-7H,14H2,(H,18,21). The molecule has 0 atom stereocenters. The van der Waals surface area contributed by atoms with Gasteiger partial charge in [-0.05, 0) is 24.4 Å². The van der Waals surface area contributed by atoms with Crippen LogP contribution in [-0.2, 0) is 0 Å². The summed E-state index contributed by atoms with van der Waals surface area (Å²) >= 11 is 5.13. The lowest BCUT2D eigenvalue weighted by molar-refractivity contribution is 0.0954. The number of anilines is 1. The SMILES string of the molecule is Nc1ccccc1-c1n[nH]c(=S)n1C(=O)c1cnccn1. The highest BCUT2D eigenvalue weighted by atomic mass is 32.1. The minimum absolute atomic E-state index is 0.170. The second-order valence-corrected chi connectivity index (χ2v) is 4.56. The number of hydrogen-bond donors (Lipinski definition) is 2. The van der Waals surface area contributed by atoms with Crippen molar-refractivity contribution < 1.29 is 4.79 Å². The van der Waals surface area contributed by atoms with Crippen LogP contribution in [0.3, 0.4) is 0 Å². The first-order valence-corrected chi connectivity index (χ1v) is 6.42. The number of rotatable bonds is 2. The Hall–Kier alpha value is -2.87. The van der Waals surface area contributed by atoms with Gasteiger partial charge in [-0.3, -0.25) is 14.9 Å². The van der Waals surface area contributed by atoms with Crippen molar-refractivity contribution in [2.75, 3.05) is 5.73 Å². The Morgan fingerprint density at radius 1 is 1.29 bits per heavy atom. The Balaban J connectivity index is 2.17. The van der Waals surface area contributed by atoms with Gasteiger partial charge in [0.15, 0.2) is 5.82 Å². The molecule has 3 rings (SSSR count). The van der Waals surface area contributed by atoms with Gasteiger partial charge in [0.1, 0.15) is 5.69 Å². The molecule has 2 aromatic heterocycles. The minimum Gasteiger partial charge on any atom is -0.398 e. The van der Waals surface area contributed by atoms with Crippen LogP contribution in [0, 0.1) is 4.77 Å². The third-order valence-electron chi connectivity index (χ3n) is 2.86. The van der Waals surface area contributed by atoms with Crippen molar-refractivity contribution in [3.63, 3.8) is 0 Å². The lowest BCUT2D eigenvalue weighted by atomic mass is 10.1. The van der Waals surface area contributed by atoms with Crippen molar-refractivity contribution in [2.24, 2.45) is 0 Å². The molecule has 104 valence electrons. The van der Waals surface area contributed by atoms with E-state index in [-0.39, 0.29) is 10.5 Å². The van der Waals surface area contributed by atoms with Crippen molar-refractivity contribution in [3.05, 3.63) is 53.3 Å². The summed E-state index contributed by atoms with van der Waals surface area (Å²) in [5.41, 5.74) is 7.21. The summed E-state index contributed by atoms with van der Waals surface area (Å²) in [6.07, 6.45) is 4.30. The molecule has 0 aliphatic heterocycles. The fraction of sp³-hybridized carbons (Fsp3) is 0. The maximum atomic E-state index is 12.5. The van der Waals surface area contributed by atoms with Gasteiger partial charge in [0.05, 0.1) is 6.20 Å². The Morgan fingerprint density at radius 2 is 2.10 bits per heavy atom. The maximum absolute atomic E-state index is 12.5. The van der Waals surface area contributed by atoms with E-state index >= 15 is 0 Å². The number of hydrogen-bond acceptors (Lipinski definition) is 6. The van der Waals surface area contributed by atoms with Crippen LogP contribution in [0.25, 0.3) is 11.4 Å². The van der Waals surface area contributed by atoms with E-state index in [1.54, 1.807) is 24.3 Å². The quantitative estimate of drug-likeness (QED) is 0.551. The van der Waals surface area contributed by atoms with Gasteiger partial charge in [0.25, 0.3) is 5.91 Å². The van der Waals surface area contributed by atoms with Crippen molar-refractivity contribution in [1.82, 2.24) is 24.7 Å². The number of nitrogens with two attached hydrogens (primary N) is 1. The first-order chi connectivity index (χ1) is 10.2. The molecule has 0 spiro atoms. The number of carbonyl (C=O) groups excluding carboxylic acids is 1. The lowest BCUT2D eigenvalue weighted by Gasteiger charge is -2.06. The second kappa shape index (κ2) is 5.25. The van der Waals surface area contributed by atoms with Gasteiger partial charge in [0, 0.05) is 23.6 Å². The molecule has 3 N–H and O–H groups in total. The fourth-order valence-corrected chi connectivity index (χ4v) is 2.11. The van der Waals surface area contributed by atoms with Gasteiger partial charge in [-0.25, -0.2) is 9.55 Å². The van der Waals surface area contributed by atoms with E-state index < -0.39 is 5.91 Å². The zero-order valence-corrected chi connectivity index (χ0v) is 11.5. The molecule has 0 fully saturated rings. The number of nitrogens with one attached hydrogen (secondary N) is 1. The van der Waals surface area contributed by atoms with Gasteiger partial charge in [-0.1, -0.05) is 12.1 Å². The van der Waals surface area contributed by atoms with E-state index in [1.807, 2.05) is 0 Å². The van der Waals surface area contributed by atoms with Crippen molar-refractivity contribution in [2.45, 2.75) is 0 Å². The fourth-order valence-electron chi connectivity index (χ4n) is 1.89. The average Bonchev–Trinajstić information content (AvgIpc) is 2.89. The number of nitrogen functional groups attached to an aromatic ring is 1. The third kappa shape index (κ3) is 2.32. The minimum atomic E-state index is -0.417. The predicted molar refractivity (Wildman–Crippen MR) is 79.0 cm³/mol. The van der Waals surface area contributed by atoms with Gasteiger partial charge in [-0.2, -0.15) is 5.10 Å². The third-order valence-corrected chi connectivity index (χ3v) is 3.13. The Morgan fingerprint density at radius 3 is 2.81 bits per heavy atom. The number of aromatic nitrogens is 5. The van der Waals surface area contributed by atoms with E-state index in [1.165, 1.54) is 23.2 Å². The van der Waals surface area contributed by atoms with E-state index in [9.17, 15) is 4.79 Å². The number of benzene rings is 1. The van der Waals surface area contributed by atoms with Crippen molar-refractivity contribution in [1.29, 1.82) is 0 Å². The lowest BCUT2D eigenvalue weighted by Crippen LogP contribution is -2.15. The number of carbonyl (C=O) groups is 1. The Bertz CT molecular complexity index is 854. The molecule has 0 bridgehead atoms. The van der Waals surface area contributed by atoms with Crippen LogP contribution in [0.5, 0.6) is 0 Å². The maximum Gasteiger partial charge on any atom is 0.286 e. The van der Waals surface area contributed by atoms with Gasteiger partial charge in [0.2, 0.25) is 4.77 Å². The molecule has 0 aliphatic rings. The first kappa shape index (κ1) is 13.1. The predicted octanol–water partition coefficient (Wildman–Crippen LogP) is 1.67. The molecule has 7 nitrogen and oxygen atoms in total. The molecule has 0 saturated heterocycles. The van der Waals surface area contributed by atoms with Crippen LogP contribution < -0.4 is 5.73 Å². The smallest absolute Gasteiger partial charge is 0.286 e. The zero-order valence-electron chi connectivity index (χ0n) is 10.7. The Labute approximate surface area is 124 Å². The monoisotopic (exact) mass is 298 g/mol. The molecule has 3 aromatic rings. The molecule has 2 heterocycles. The molecule has 21 heavy (non-hydrogen) atoms. The van der Waals surface area contributed by atoms with Crippen molar-refractivity contribution in [3.8, 4) is 11.4 Å². The summed E-state index contributed by atoms with van der Waals surface area (Å²) in [6, 6.07) is 7.10. The summed E-state index contributed by atoms with van der Waals surface area (Å²) in [5, 5.41) is 6.69. The number of aromatic amines is 1. The molecular weight excluding hydrogens is 288 g/mol. The summed E-state index contributed by atoms with van der Waals surface area (Å²) in [5.74, 6) is -0.0751. The zero-order chi connectivity index (χ0) is 14.8. The highest BCUT2D eigenvalue weighted by Crippen LogP contribution is 2.24. The number of nitrogens with zero attached hydrogens (tertiary/aromatic N) is 4. The summed E-state index contributed by atoms with van der Waals surface area (Å²) in [7, 11) is 0. The molecule has 0 amide bonds. The van der Waals surface area contributed by atoms with E-state index in [0.717, 1.165) is 0 Å². The van der Waals surface area contributed by atoms with Crippen LogP contribution in [0.15, 0.2) is 42.9 Å². The normalized spacial score (nSPS) is 10.5. The van der Waals surface area contributed by atoms with Crippen LogP contribution in [0.2, 0.25) is 0 Å². The highest BCUT2D eigenvalue weighted by molar-refractivity contribution is 7.71. The summed E-state index contributed by atoms with van der Waals surface area (Å²) < 4.78 is 1.43. The van der Waals surface area contributed by atoms with E-state index in [2.05, 4.69) is 20.2 Å². The second-order valence-electron chi connectivity index (χ2n) is 4.17. The van der Waals surface area contributed by atoms with Gasteiger partial charge in [-0.15, -0.1) is 0 Å². The summed E-state index contributed by atoms with van der Waals surface area (Å²) in [4.78, 5) is 20.4.